The standard InChI is InChI=1S/C16H22ClN5O/c1-11(2-3-12-4-5-12)21-16(23)18-7-6-13-8-19-15-14(17)9-20-22(15)10-13/h8-12H,2-7H2,1H3,(H2,18,21,23). The molecule has 2 N–H and O–H groups in total. The Morgan fingerprint density at radius 2 is 2.30 bits per heavy atom. The van der Waals surface area contributed by atoms with Crippen LogP contribution in [-0.2, 0) is 6.42 Å². The van der Waals surface area contributed by atoms with E-state index in [1.54, 1.807) is 16.9 Å². The fourth-order valence-corrected chi connectivity index (χ4v) is 2.75. The Labute approximate surface area is 140 Å². The van der Waals surface area contributed by atoms with Gasteiger partial charge in [-0.1, -0.05) is 24.4 Å². The molecule has 2 amide bonds. The van der Waals surface area contributed by atoms with E-state index in [0.717, 1.165) is 17.9 Å². The average molecular weight is 336 g/mol. The zero-order valence-electron chi connectivity index (χ0n) is 13.3. The smallest absolute Gasteiger partial charge is 0.315 e. The summed E-state index contributed by atoms with van der Waals surface area (Å²) in [6.45, 7) is 2.62. The second kappa shape index (κ2) is 7.17. The Morgan fingerprint density at radius 3 is 3.09 bits per heavy atom. The van der Waals surface area contributed by atoms with Gasteiger partial charge in [0.2, 0.25) is 0 Å². The summed E-state index contributed by atoms with van der Waals surface area (Å²) in [4.78, 5) is 16.1. The van der Waals surface area contributed by atoms with Crippen molar-refractivity contribution in [3.05, 3.63) is 29.2 Å². The summed E-state index contributed by atoms with van der Waals surface area (Å²) in [5.74, 6) is 0.903. The summed E-state index contributed by atoms with van der Waals surface area (Å²) >= 11 is 5.96. The number of fused-ring (bicyclic) bond motifs is 1. The molecule has 0 radical (unpaired) electrons. The highest BCUT2D eigenvalue weighted by molar-refractivity contribution is 6.33. The lowest BCUT2D eigenvalue weighted by Crippen LogP contribution is -2.41. The van der Waals surface area contributed by atoms with Gasteiger partial charge in [-0.3, -0.25) is 0 Å². The number of aromatic nitrogens is 3. The van der Waals surface area contributed by atoms with Crippen LogP contribution >= 0.6 is 11.6 Å². The van der Waals surface area contributed by atoms with E-state index in [1.807, 2.05) is 6.20 Å². The molecule has 0 aromatic carbocycles. The number of hydrogen-bond donors (Lipinski definition) is 2. The predicted octanol–water partition coefficient (Wildman–Crippen LogP) is 2.80. The van der Waals surface area contributed by atoms with Crippen LogP contribution in [0.3, 0.4) is 0 Å². The van der Waals surface area contributed by atoms with Gasteiger partial charge in [0.1, 0.15) is 5.02 Å². The molecular weight excluding hydrogens is 314 g/mol. The van der Waals surface area contributed by atoms with Gasteiger partial charge in [0, 0.05) is 25.0 Å². The maximum Gasteiger partial charge on any atom is 0.315 e. The Balaban J connectivity index is 1.39. The second-order valence-electron chi connectivity index (χ2n) is 6.29. The molecule has 0 aliphatic heterocycles. The Bertz CT molecular complexity index is 682. The molecule has 1 aliphatic rings. The number of nitrogens with one attached hydrogen (secondary N) is 2. The third-order valence-electron chi connectivity index (χ3n) is 4.15. The van der Waals surface area contributed by atoms with Crippen molar-refractivity contribution in [1.82, 2.24) is 25.2 Å². The molecule has 0 bridgehead atoms. The summed E-state index contributed by atoms with van der Waals surface area (Å²) in [5.41, 5.74) is 1.64. The highest BCUT2D eigenvalue weighted by atomic mass is 35.5. The van der Waals surface area contributed by atoms with Crippen molar-refractivity contribution in [2.45, 2.75) is 45.1 Å². The van der Waals surface area contributed by atoms with Gasteiger partial charge in [0.25, 0.3) is 0 Å². The summed E-state index contributed by atoms with van der Waals surface area (Å²) in [6, 6.07) is 0.115. The molecule has 2 aromatic heterocycles. The van der Waals surface area contributed by atoms with Crippen molar-refractivity contribution >= 4 is 23.3 Å². The van der Waals surface area contributed by atoms with Crippen molar-refractivity contribution in [3.8, 4) is 0 Å². The maximum atomic E-state index is 11.8. The number of rotatable bonds is 7. The molecule has 1 aliphatic carbocycles. The van der Waals surface area contributed by atoms with Crippen molar-refractivity contribution in [2.75, 3.05) is 6.54 Å². The zero-order valence-corrected chi connectivity index (χ0v) is 14.0. The van der Waals surface area contributed by atoms with Gasteiger partial charge >= 0.3 is 6.03 Å². The Hall–Kier alpha value is -1.82. The summed E-state index contributed by atoms with van der Waals surface area (Å²) in [7, 11) is 0. The van der Waals surface area contributed by atoms with Gasteiger partial charge in [-0.25, -0.2) is 14.3 Å². The van der Waals surface area contributed by atoms with E-state index in [0.29, 0.717) is 23.6 Å². The van der Waals surface area contributed by atoms with Crippen molar-refractivity contribution in [2.24, 2.45) is 5.92 Å². The SMILES string of the molecule is CC(CCC1CC1)NC(=O)NCCc1cnc2c(Cl)cnn2c1. The number of urea groups is 1. The van der Waals surface area contributed by atoms with E-state index >= 15 is 0 Å². The molecule has 6 nitrogen and oxygen atoms in total. The lowest BCUT2D eigenvalue weighted by atomic mass is 10.1. The summed E-state index contributed by atoms with van der Waals surface area (Å²) in [5, 5.41) is 10.5. The molecular formula is C16H22ClN5O. The molecule has 0 spiro atoms. The van der Waals surface area contributed by atoms with E-state index in [2.05, 4.69) is 27.6 Å². The van der Waals surface area contributed by atoms with Crippen LogP contribution in [0.1, 0.15) is 38.2 Å². The van der Waals surface area contributed by atoms with Crippen LogP contribution in [0.2, 0.25) is 5.02 Å². The number of hydrogen-bond acceptors (Lipinski definition) is 3. The first kappa shape index (κ1) is 16.1. The predicted molar refractivity (Wildman–Crippen MR) is 89.7 cm³/mol. The quantitative estimate of drug-likeness (QED) is 0.817. The van der Waals surface area contributed by atoms with E-state index in [4.69, 9.17) is 11.6 Å². The lowest BCUT2D eigenvalue weighted by Gasteiger charge is -2.14. The van der Waals surface area contributed by atoms with Crippen LogP contribution in [0.25, 0.3) is 5.65 Å². The molecule has 124 valence electrons. The number of nitrogens with zero attached hydrogens (tertiary/aromatic N) is 3. The van der Waals surface area contributed by atoms with E-state index in [1.165, 1.54) is 19.3 Å². The van der Waals surface area contributed by atoms with Crippen LogP contribution in [0.5, 0.6) is 0 Å². The molecule has 3 rings (SSSR count). The van der Waals surface area contributed by atoms with E-state index in [9.17, 15) is 4.79 Å². The van der Waals surface area contributed by atoms with Crippen LogP contribution in [0.4, 0.5) is 4.79 Å². The molecule has 0 saturated heterocycles. The van der Waals surface area contributed by atoms with Gasteiger partial charge in [-0.15, -0.1) is 0 Å². The van der Waals surface area contributed by atoms with Gasteiger partial charge in [-0.2, -0.15) is 5.10 Å². The topological polar surface area (TPSA) is 71.3 Å². The Kier molecular flexibility index (Phi) is 5.00. The number of halogens is 1. The molecule has 23 heavy (non-hydrogen) atoms. The van der Waals surface area contributed by atoms with E-state index in [-0.39, 0.29) is 12.1 Å². The number of amides is 2. The number of carbonyl (C=O) groups is 1. The molecule has 2 heterocycles. The molecule has 1 unspecified atom stereocenters. The molecule has 1 saturated carbocycles. The molecule has 2 aromatic rings. The zero-order chi connectivity index (χ0) is 16.2. The molecule has 1 atom stereocenters. The van der Waals surface area contributed by atoms with Crippen LogP contribution in [0, 0.1) is 5.92 Å². The highest BCUT2D eigenvalue weighted by Crippen LogP contribution is 2.33. The molecule has 7 heteroatoms. The van der Waals surface area contributed by atoms with E-state index < -0.39 is 0 Å². The maximum absolute atomic E-state index is 11.8. The van der Waals surface area contributed by atoms with Gasteiger partial charge in [0.05, 0.1) is 6.20 Å². The lowest BCUT2D eigenvalue weighted by molar-refractivity contribution is 0.237. The second-order valence-corrected chi connectivity index (χ2v) is 6.70. The van der Waals surface area contributed by atoms with Crippen LogP contribution in [-0.4, -0.2) is 33.2 Å². The fourth-order valence-electron chi connectivity index (χ4n) is 2.57. The van der Waals surface area contributed by atoms with Gasteiger partial charge in [0.15, 0.2) is 5.65 Å². The first-order chi connectivity index (χ1) is 11.1. The summed E-state index contributed by atoms with van der Waals surface area (Å²) in [6.07, 6.45) is 10.9. The summed E-state index contributed by atoms with van der Waals surface area (Å²) < 4.78 is 1.65. The third kappa shape index (κ3) is 4.58. The van der Waals surface area contributed by atoms with Crippen LogP contribution < -0.4 is 10.6 Å². The van der Waals surface area contributed by atoms with Crippen molar-refractivity contribution in [1.29, 1.82) is 0 Å². The highest BCUT2D eigenvalue weighted by Gasteiger charge is 2.21. The van der Waals surface area contributed by atoms with Crippen molar-refractivity contribution < 1.29 is 4.79 Å². The largest absolute Gasteiger partial charge is 0.338 e. The number of carbonyl (C=O) groups excluding carboxylic acids is 1. The van der Waals surface area contributed by atoms with Crippen LogP contribution in [0.15, 0.2) is 18.6 Å². The average Bonchev–Trinajstić information content (AvgIpc) is 3.29. The first-order valence-electron chi connectivity index (χ1n) is 8.14. The van der Waals surface area contributed by atoms with Gasteiger partial charge in [-0.05, 0) is 37.7 Å². The Morgan fingerprint density at radius 1 is 1.48 bits per heavy atom. The third-order valence-corrected chi connectivity index (χ3v) is 4.42. The minimum Gasteiger partial charge on any atom is -0.338 e. The normalized spacial score (nSPS) is 15.6. The fraction of sp³-hybridized carbons (Fsp3) is 0.562. The van der Waals surface area contributed by atoms with Gasteiger partial charge < -0.3 is 10.6 Å². The molecule has 1 fully saturated rings. The monoisotopic (exact) mass is 335 g/mol. The first-order valence-corrected chi connectivity index (χ1v) is 8.52. The van der Waals surface area contributed by atoms with Crippen molar-refractivity contribution in [3.63, 3.8) is 0 Å². The minimum absolute atomic E-state index is 0.107. The minimum atomic E-state index is -0.107.